The van der Waals surface area contributed by atoms with Gasteiger partial charge in [0.2, 0.25) is 11.8 Å². The molecule has 1 unspecified atom stereocenters. The number of aromatic nitrogens is 1. The molecule has 1 aromatic heterocycles. The molecule has 1 aliphatic heterocycles. The SMILES string of the molecule is O=C(Nc1ccc(Br)cc1Br)C1CC(=O)N(Cc2ccccn2)C1. The molecule has 0 aliphatic carbocycles. The number of likely N-dealkylation sites (tertiary alicyclic amines) is 1. The molecule has 1 saturated heterocycles. The Hall–Kier alpha value is -1.73. The molecule has 1 atom stereocenters. The highest BCUT2D eigenvalue weighted by Crippen LogP contribution is 2.28. The van der Waals surface area contributed by atoms with E-state index in [1.54, 1.807) is 11.1 Å². The fourth-order valence-corrected chi connectivity index (χ4v) is 3.76. The van der Waals surface area contributed by atoms with E-state index in [1.807, 2.05) is 36.4 Å². The van der Waals surface area contributed by atoms with Crippen LogP contribution in [0.5, 0.6) is 0 Å². The zero-order valence-electron chi connectivity index (χ0n) is 12.7. The van der Waals surface area contributed by atoms with Gasteiger partial charge in [0.05, 0.1) is 23.8 Å². The molecule has 5 nitrogen and oxygen atoms in total. The molecule has 24 heavy (non-hydrogen) atoms. The lowest BCUT2D eigenvalue weighted by Crippen LogP contribution is -2.28. The van der Waals surface area contributed by atoms with Crippen molar-refractivity contribution in [3.05, 3.63) is 57.2 Å². The third kappa shape index (κ3) is 4.02. The van der Waals surface area contributed by atoms with Crippen LogP contribution in [-0.2, 0) is 16.1 Å². The summed E-state index contributed by atoms with van der Waals surface area (Å²) in [6.07, 6.45) is 1.93. The number of benzene rings is 1. The molecule has 0 spiro atoms. The van der Waals surface area contributed by atoms with Crippen LogP contribution in [0, 0.1) is 5.92 Å². The smallest absolute Gasteiger partial charge is 0.229 e. The Bertz CT molecular complexity index is 768. The van der Waals surface area contributed by atoms with Crippen molar-refractivity contribution < 1.29 is 9.59 Å². The molecule has 1 aromatic carbocycles. The summed E-state index contributed by atoms with van der Waals surface area (Å²) in [4.78, 5) is 30.5. The van der Waals surface area contributed by atoms with E-state index in [2.05, 4.69) is 42.2 Å². The van der Waals surface area contributed by atoms with Crippen LogP contribution in [0.25, 0.3) is 0 Å². The molecule has 124 valence electrons. The predicted molar refractivity (Wildman–Crippen MR) is 98.2 cm³/mol. The quantitative estimate of drug-likeness (QED) is 0.770. The van der Waals surface area contributed by atoms with Crippen LogP contribution in [0.2, 0.25) is 0 Å². The molecule has 3 rings (SSSR count). The van der Waals surface area contributed by atoms with Crippen molar-refractivity contribution in [3.8, 4) is 0 Å². The fourth-order valence-electron chi connectivity index (χ4n) is 2.61. The maximum atomic E-state index is 12.5. The molecule has 1 N–H and O–H groups in total. The Kier molecular flexibility index (Phi) is 5.30. The topological polar surface area (TPSA) is 62.3 Å². The van der Waals surface area contributed by atoms with E-state index in [4.69, 9.17) is 0 Å². The highest BCUT2D eigenvalue weighted by Gasteiger charge is 2.34. The highest BCUT2D eigenvalue weighted by molar-refractivity contribution is 9.11. The Labute approximate surface area is 156 Å². The number of pyridine rings is 1. The Morgan fingerprint density at radius 3 is 2.83 bits per heavy atom. The molecule has 2 amide bonds. The van der Waals surface area contributed by atoms with Crippen LogP contribution in [0.1, 0.15) is 12.1 Å². The van der Waals surface area contributed by atoms with E-state index in [0.29, 0.717) is 18.8 Å². The second-order valence-corrected chi connectivity index (χ2v) is 7.38. The van der Waals surface area contributed by atoms with Gasteiger partial charge in [-0.15, -0.1) is 0 Å². The summed E-state index contributed by atoms with van der Waals surface area (Å²) in [6.45, 7) is 0.848. The molecule has 1 aliphatic rings. The molecule has 0 radical (unpaired) electrons. The van der Waals surface area contributed by atoms with Gasteiger partial charge < -0.3 is 10.2 Å². The van der Waals surface area contributed by atoms with Gasteiger partial charge in [-0.3, -0.25) is 14.6 Å². The number of amides is 2. The minimum atomic E-state index is -0.350. The summed E-state index contributed by atoms with van der Waals surface area (Å²) >= 11 is 6.80. The van der Waals surface area contributed by atoms with Gasteiger partial charge in [0.15, 0.2) is 0 Å². The van der Waals surface area contributed by atoms with Crippen molar-refractivity contribution in [3.63, 3.8) is 0 Å². The van der Waals surface area contributed by atoms with Crippen LogP contribution in [0.3, 0.4) is 0 Å². The predicted octanol–water partition coefficient (Wildman–Crippen LogP) is 3.59. The number of carbonyl (C=O) groups is 2. The summed E-state index contributed by atoms with van der Waals surface area (Å²) < 4.78 is 1.71. The first-order valence-corrected chi connectivity index (χ1v) is 9.05. The third-order valence-corrected chi connectivity index (χ3v) is 5.00. The van der Waals surface area contributed by atoms with Crippen LogP contribution in [-0.4, -0.2) is 28.2 Å². The van der Waals surface area contributed by atoms with Crippen LogP contribution < -0.4 is 5.32 Å². The maximum Gasteiger partial charge on any atom is 0.229 e. The first kappa shape index (κ1) is 17.1. The number of anilines is 1. The van der Waals surface area contributed by atoms with Crippen molar-refractivity contribution in [2.75, 3.05) is 11.9 Å². The molecular formula is C17H15Br2N3O2. The first-order valence-electron chi connectivity index (χ1n) is 7.46. The molecule has 2 aromatic rings. The summed E-state index contributed by atoms with van der Waals surface area (Å²) in [7, 11) is 0. The molecule has 2 heterocycles. The normalized spacial score (nSPS) is 17.2. The van der Waals surface area contributed by atoms with Crippen molar-refractivity contribution >= 4 is 49.4 Å². The van der Waals surface area contributed by atoms with Gasteiger partial charge in [0.1, 0.15) is 0 Å². The van der Waals surface area contributed by atoms with Crippen LogP contribution in [0.4, 0.5) is 5.69 Å². The van der Waals surface area contributed by atoms with Crippen molar-refractivity contribution in [1.29, 1.82) is 0 Å². The van der Waals surface area contributed by atoms with E-state index in [9.17, 15) is 9.59 Å². The summed E-state index contributed by atoms with van der Waals surface area (Å²) in [5, 5.41) is 2.88. The second kappa shape index (κ2) is 7.44. The molecule has 7 heteroatoms. The number of rotatable bonds is 4. The largest absolute Gasteiger partial charge is 0.336 e. The van der Waals surface area contributed by atoms with Gasteiger partial charge in [-0.25, -0.2) is 0 Å². The lowest BCUT2D eigenvalue weighted by molar-refractivity contribution is -0.128. The number of halogens is 2. The Balaban J connectivity index is 1.63. The number of nitrogens with zero attached hydrogens (tertiary/aromatic N) is 2. The zero-order chi connectivity index (χ0) is 17.1. The number of nitrogens with one attached hydrogen (secondary N) is 1. The minimum Gasteiger partial charge on any atom is -0.336 e. The van der Waals surface area contributed by atoms with E-state index < -0.39 is 0 Å². The molecule has 0 bridgehead atoms. The van der Waals surface area contributed by atoms with E-state index in [-0.39, 0.29) is 24.2 Å². The van der Waals surface area contributed by atoms with Gasteiger partial charge in [0, 0.05) is 28.1 Å². The minimum absolute atomic E-state index is 0.0179. The summed E-state index contributed by atoms with van der Waals surface area (Å²) in [5.41, 5.74) is 1.52. The Morgan fingerprint density at radius 1 is 1.29 bits per heavy atom. The van der Waals surface area contributed by atoms with Gasteiger partial charge in [-0.2, -0.15) is 0 Å². The standard InChI is InChI=1S/C17H15Br2N3O2/c18-12-4-5-15(14(19)8-12)21-17(24)11-7-16(23)22(9-11)10-13-3-1-2-6-20-13/h1-6,8,11H,7,9-10H2,(H,21,24). The average Bonchev–Trinajstić information content (AvgIpc) is 2.92. The number of hydrogen-bond donors (Lipinski definition) is 1. The van der Waals surface area contributed by atoms with Gasteiger partial charge in [-0.05, 0) is 46.3 Å². The average molecular weight is 453 g/mol. The summed E-state index contributed by atoms with van der Waals surface area (Å²) in [6, 6.07) is 11.1. The van der Waals surface area contributed by atoms with E-state index >= 15 is 0 Å². The van der Waals surface area contributed by atoms with Crippen molar-refractivity contribution in [1.82, 2.24) is 9.88 Å². The van der Waals surface area contributed by atoms with Crippen LogP contribution >= 0.6 is 31.9 Å². The number of hydrogen-bond acceptors (Lipinski definition) is 3. The lowest BCUT2D eigenvalue weighted by Gasteiger charge is -2.16. The van der Waals surface area contributed by atoms with E-state index in [1.165, 1.54) is 0 Å². The third-order valence-electron chi connectivity index (χ3n) is 3.85. The van der Waals surface area contributed by atoms with Gasteiger partial charge >= 0.3 is 0 Å². The molecular weight excluding hydrogens is 438 g/mol. The van der Waals surface area contributed by atoms with Gasteiger partial charge in [-0.1, -0.05) is 22.0 Å². The Morgan fingerprint density at radius 2 is 2.12 bits per heavy atom. The second-order valence-electron chi connectivity index (χ2n) is 5.61. The first-order chi connectivity index (χ1) is 11.5. The highest BCUT2D eigenvalue weighted by atomic mass is 79.9. The molecule has 0 saturated carbocycles. The van der Waals surface area contributed by atoms with Gasteiger partial charge in [0.25, 0.3) is 0 Å². The lowest BCUT2D eigenvalue weighted by atomic mass is 10.1. The maximum absolute atomic E-state index is 12.5. The van der Waals surface area contributed by atoms with Crippen LogP contribution in [0.15, 0.2) is 51.5 Å². The summed E-state index contributed by atoms with van der Waals surface area (Å²) in [5.74, 6) is -0.512. The monoisotopic (exact) mass is 451 g/mol. The fraction of sp³-hybridized carbons (Fsp3) is 0.235. The van der Waals surface area contributed by atoms with Crippen molar-refractivity contribution in [2.24, 2.45) is 5.92 Å². The zero-order valence-corrected chi connectivity index (χ0v) is 15.9. The molecule has 1 fully saturated rings. The number of carbonyl (C=O) groups excluding carboxylic acids is 2. The van der Waals surface area contributed by atoms with Crippen molar-refractivity contribution in [2.45, 2.75) is 13.0 Å². The van der Waals surface area contributed by atoms with E-state index in [0.717, 1.165) is 14.6 Å².